The van der Waals surface area contributed by atoms with Gasteiger partial charge in [0.05, 0.1) is 6.33 Å². The molecular weight excluding hydrogens is 331 g/mol. The minimum Gasteiger partial charge on any atom is -0.399 e. The predicted molar refractivity (Wildman–Crippen MR) is 99.6 cm³/mol. The fourth-order valence-corrected chi connectivity index (χ4v) is 2.77. The van der Waals surface area contributed by atoms with Crippen LogP contribution < -0.4 is 11.1 Å². The van der Waals surface area contributed by atoms with Crippen LogP contribution in [0.4, 0.5) is 21.6 Å². The van der Waals surface area contributed by atoms with Gasteiger partial charge in [0.1, 0.15) is 12.1 Å². The molecule has 0 radical (unpaired) electrons. The molecule has 0 unspecified atom stereocenters. The number of nitrogens with zero attached hydrogens (tertiary/aromatic N) is 4. The second-order valence-corrected chi connectivity index (χ2v) is 5.96. The molecule has 130 valence electrons. The highest BCUT2D eigenvalue weighted by atomic mass is 19.1. The fraction of sp³-hybridized carbons (Fsp3) is 0.105. The molecule has 2 aromatic heterocycles. The lowest BCUT2D eigenvalue weighted by Crippen LogP contribution is -2.02. The van der Waals surface area contributed by atoms with E-state index in [1.807, 2.05) is 28.8 Å². The molecule has 2 aromatic carbocycles. The zero-order valence-electron chi connectivity index (χ0n) is 13.9. The minimum absolute atomic E-state index is 0.311. The van der Waals surface area contributed by atoms with Crippen LogP contribution in [0.3, 0.4) is 0 Å². The number of hydrogen-bond donors (Lipinski definition) is 2. The molecule has 0 amide bonds. The monoisotopic (exact) mass is 348 g/mol. The quantitative estimate of drug-likeness (QED) is 0.539. The van der Waals surface area contributed by atoms with Gasteiger partial charge < -0.3 is 15.6 Å². The summed E-state index contributed by atoms with van der Waals surface area (Å²) in [5, 5.41) is 3.10. The van der Waals surface area contributed by atoms with Gasteiger partial charge in [-0.05, 0) is 42.3 Å². The van der Waals surface area contributed by atoms with Gasteiger partial charge >= 0.3 is 0 Å². The first-order chi connectivity index (χ1) is 12.7. The van der Waals surface area contributed by atoms with Gasteiger partial charge in [-0.15, -0.1) is 0 Å². The van der Waals surface area contributed by atoms with E-state index in [4.69, 9.17) is 5.73 Å². The summed E-state index contributed by atoms with van der Waals surface area (Å²) in [6, 6.07) is 14.0. The second kappa shape index (κ2) is 6.79. The van der Waals surface area contributed by atoms with Gasteiger partial charge in [0, 0.05) is 17.9 Å². The molecule has 4 rings (SSSR count). The second-order valence-electron chi connectivity index (χ2n) is 5.96. The number of aromatic nitrogens is 4. The van der Waals surface area contributed by atoms with Crippen molar-refractivity contribution in [2.45, 2.75) is 13.0 Å². The van der Waals surface area contributed by atoms with Crippen molar-refractivity contribution < 1.29 is 4.39 Å². The van der Waals surface area contributed by atoms with Crippen LogP contribution in [0.25, 0.3) is 11.2 Å². The third-order valence-corrected chi connectivity index (χ3v) is 4.11. The number of aryl methyl sites for hydroxylation is 2. The van der Waals surface area contributed by atoms with Crippen LogP contribution in [0.1, 0.15) is 5.56 Å². The van der Waals surface area contributed by atoms with Crippen LogP contribution in [0.5, 0.6) is 0 Å². The van der Waals surface area contributed by atoms with Crippen LogP contribution in [0.15, 0.2) is 61.2 Å². The first kappa shape index (κ1) is 16.0. The maximum atomic E-state index is 13.4. The molecule has 7 heteroatoms. The molecule has 26 heavy (non-hydrogen) atoms. The van der Waals surface area contributed by atoms with Gasteiger partial charge in [-0.1, -0.05) is 18.2 Å². The standard InChI is InChI=1S/C19H17FN6/c20-14-2-1-3-16(10-14)25-18-17-19(23-11-22-18)26(12-24-17)9-8-13-4-6-15(21)7-5-13/h1-7,10-12H,8-9,21H2,(H,22,23,25). The number of nitrogen functional groups attached to an aromatic ring is 1. The first-order valence-corrected chi connectivity index (χ1v) is 8.22. The van der Waals surface area contributed by atoms with Gasteiger partial charge in [0.25, 0.3) is 0 Å². The van der Waals surface area contributed by atoms with Crippen molar-refractivity contribution in [1.29, 1.82) is 0 Å². The Balaban J connectivity index is 1.57. The maximum Gasteiger partial charge on any atom is 0.165 e. The van der Waals surface area contributed by atoms with E-state index < -0.39 is 0 Å². The molecule has 0 fully saturated rings. The van der Waals surface area contributed by atoms with E-state index in [2.05, 4.69) is 20.3 Å². The predicted octanol–water partition coefficient (Wildman–Crippen LogP) is 3.53. The molecule has 0 saturated heterocycles. The highest BCUT2D eigenvalue weighted by molar-refractivity contribution is 5.85. The van der Waals surface area contributed by atoms with Gasteiger partial charge in [-0.3, -0.25) is 0 Å². The average molecular weight is 348 g/mol. The lowest BCUT2D eigenvalue weighted by molar-refractivity contribution is 0.628. The molecule has 0 saturated carbocycles. The van der Waals surface area contributed by atoms with Crippen LogP contribution in [-0.4, -0.2) is 19.5 Å². The summed E-state index contributed by atoms with van der Waals surface area (Å²) in [5.41, 5.74) is 9.65. The molecule has 0 aliphatic carbocycles. The summed E-state index contributed by atoms with van der Waals surface area (Å²) in [4.78, 5) is 13.0. The number of halogens is 1. The van der Waals surface area contributed by atoms with E-state index in [1.54, 1.807) is 18.5 Å². The van der Waals surface area contributed by atoms with Crippen molar-refractivity contribution in [3.63, 3.8) is 0 Å². The smallest absolute Gasteiger partial charge is 0.165 e. The maximum absolute atomic E-state index is 13.4. The average Bonchev–Trinajstić information content (AvgIpc) is 3.06. The zero-order valence-corrected chi connectivity index (χ0v) is 13.9. The van der Waals surface area contributed by atoms with Crippen LogP contribution >= 0.6 is 0 Å². The largest absolute Gasteiger partial charge is 0.399 e. The van der Waals surface area contributed by atoms with Crippen molar-refractivity contribution in [1.82, 2.24) is 19.5 Å². The number of nitrogens with one attached hydrogen (secondary N) is 1. The number of hydrogen-bond acceptors (Lipinski definition) is 5. The lowest BCUT2D eigenvalue weighted by Gasteiger charge is -2.07. The molecule has 0 aliphatic rings. The molecule has 6 nitrogen and oxygen atoms in total. The first-order valence-electron chi connectivity index (χ1n) is 8.22. The Kier molecular flexibility index (Phi) is 4.18. The summed E-state index contributed by atoms with van der Waals surface area (Å²) in [7, 11) is 0. The Labute approximate surface area is 149 Å². The van der Waals surface area contributed by atoms with Crippen LogP contribution in [0, 0.1) is 5.82 Å². The number of benzene rings is 2. The van der Waals surface area contributed by atoms with E-state index in [0.29, 0.717) is 17.0 Å². The Morgan fingerprint density at radius 2 is 1.88 bits per heavy atom. The normalized spacial score (nSPS) is 11.0. The lowest BCUT2D eigenvalue weighted by atomic mass is 10.1. The molecule has 4 aromatic rings. The van der Waals surface area contributed by atoms with E-state index in [1.165, 1.54) is 24.0 Å². The Hall–Kier alpha value is -3.48. The van der Waals surface area contributed by atoms with Crippen molar-refractivity contribution in [3.05, 3.63) is 72.6 Å². The van der Waals surface area contributed by atoms with Gasteiger partial charge in [-0.25, -0.2) is 19.3 Å². The summed E-state index contributed by atoms with van der Waals surface area (Å²) in [6.07, 6.45) is 4.06. The van der Waals surface area contributed by atoms with Crippen LogP contribution in [-0.2, 0) is 13.0 Å². The number of rotatable bonds is 5. The number of anilines is 3. The molecule has 0 spiro atoms. The molecular formula is C19H17FN6. The third-order valence-electron chi connectivity index (χ3n) is 4.11. The third kappa shape index (κ3) is 3.32. The van der Waals surface area contributed by atoms with Crippen LogP contribution in [0.2, 0.25) is 0 Å². The topological polar surface area (TPSA) is 81.7 Å². The highest BCUT2D eigenvalue weighted by Gasteiger charge is 2.10. The highest BCUT2D eigenvalue weighted by Crippen LogP contribution is 2.22. The summed E-state index contributed by atoms with van der Waals surface area (Å²) in [5.74, 6) is 0.237. The van der Waals surface area contributed by atoms with E-state index in [0.717, 1.165) is 24.3 Å². The Bertz CT molecular complexity index is 1040. The summed E-state index contributed by atoms with van der Waals surface area (Å²) < 4.78 is 15.4. The molecule has 0 bridgehead atoms. The summed E-state index contributed by atoms with van der Waals surface area (Å²) >= 11 is 0. The van der Waals surface area contributed by atoms with Gasteiger partial charge in [0.2, 0.25) is 0 Å². The molecule has 0 atom stereocenters. The SMILES string of the molecule is Nc1ccc(CCn2cnc3c(Nc4cccc(F)c4)ncnc32)cc1. The number of fused-ring (bicyclic) bond motifs is 1. The molecule has 0 aliphatic heterocycles. The fourth-order valence-electron chi connectivity index (χ4n) is 2.77. The number of nitrogens with two attached hydrogens (primary N) is 1. The van der Waals surface area contributed by atoms with Gasteiger partial charge in [-0.2, -0.15) is 0 Å². The van der Waals surface area contributed by atoms with E-state index >= 15 is 0 Å². The molecule has 3 N–H and O–H groups in total. The zero-order chi connectivity index (χ0) is 17.9. The van der Waals surface area contributed by atoms with E-state index in [9.17, 15) is 4.39 Å². The van der Waals surface area contributed by atoms with E-state index in [-0.39, 0.29) is 5.82 Å². The van der Waals surface area contributed by atoms with Crippen molar-refractivity contribution >= 4 is 28.4 Å². The van der Waals surface area contributed by atoms with Gasteiger partial charge in [0.15, 0.2) is 17.0 Å². The minimum atomic E-state index is -0.311. The molecule has 2 heterocycles. The summed E-state index contributed by atoms with van der Waals surface area (Å²) in [6.45, 7) is 0.733. The van der Waals surface area contributed by atoms with Crippen molar-refractivity contribution in [2.24, 2.45) is 0 Å². The van der Waals surface area contributed by atoms with Crippen molar-refractivity contribution in [3.8, 4) is 0 Å². The van der Waals surface area contributed by atoms with Crippen molar-refractivity contribution in [2.75, 3.05) is 11.1 Å². The Morgan fingerprint density at radius 3 is 2.69 bits per heavy atom. The number of imidazole rings is 1. The Morgan fingerprint density at radius 1 is 1.04 bits per heavy atom.